The number of nitrogens with one attached hydrogen (secondary N) is 3. The minimum atomic E-state index is -0.637. The Bertz CT molecular complexity index is 1210. The maximum absolute atomic E-state index is 13.0. The number of ether oxygens (including phenoxy) is 2. The van der Waals surface area contributed by atoms with Crippen LogP contribution in [0.2, 0.25) is 0 Å². The number of nitrogen functional groups attached to an aromatic ring is 2. The number of carbonyl (C=O) groups is 2. The molecule has 0 atom stereocenters. The van der Waals surface area contributed by atoms with Crippen LogP contribution >= 0.6 is 0 Å². The van der Waals surface area contributed by atoms with Crippen LogP contribution < -0.4 is 11.5 Å². The molecule has 0 bridgehead atoms. The quantitative estimate of drug-likeness (QED) is 0.176. The number of aromatic nitrogens is 1. The summed E-state index contributed by atoms with van der Waals surface area (Å²) >= 11 is 0. The van der Waals surface area contributed by atoms with Crippen LogP contribution in [0.15, 0.2) is 54.7 Å². The maximum atomic E-state index is 13.0. The van der Waals surface area contributed by atoms with Gasteiger partial charge in [-0.15, -0.1) is 0 Å². The fraction of sp³-hybridized carbons (Fsp3) is 0.200. The van der Waals surface area contributed by atoms with E-state index in [0.29, 0.717) is 40.8 Å². The van der Waals surface area contributed by atoms with Crippen LogP contribution in [0, 0.1) is 10.8 Å². The van der Waals surface area contributed by atoms with E-state index in [2.05, 4.69) is 4.98 Å². The minimum Gasteiger partial charge on any atom is -0.463 e. The van der Waals surface area contributed by atoms with Gasteiger partial charge in [0.05, 0.1) is 12.2 Å². The van der Waals surface area contributed by atoms with Gasteiger partial charge in [-0.2, -0.15) is 0 Å². The van der Waals surface area contributed by atoms with Gasteiger partial charge in [-0.1, -0.05) is 42.5 Å². The van der Waals surface area contributed by atoms with Gasteiger partial charge in [0.1, 0.15) is 11.7 Å². The second kappa shape index (κ2) is 11.0. The first kappa shape index (κ1) is 24.2. The average Bonchev–Trinajstić information content (AvgIpc) is 3.20. The molecule has 1 aromatic heterocycles. The third-order valence-electron chi connectivity index (χ3n) is 5.15. The van der Waals surface area contributed by atoms with Gasteiger partial charge in [0.25, 0.3) is 0 Å². The van der Waals surface area contributed by atoms with Crippen LogP contribution in [-0.2, 0) is 27.1 Å². The molecule has 9 nitrogen and oxygen atoms in total. The molecule has 176 valence electrons. The number of amidine groups is 2. The van der Waals surface area contributed by atoms with E-state index >= 15 is 0 Å². The summed E-state index contributed by atoms with van der Waals surface area (Å²) in [5.74, 6) is -1.32. The van der Waals surface area contributed by atoms with Crippen molar-refractivity contribution >= 4 is 23.6 Å². The number of nitrogens with two attached hydrogens (primary N) is 2. The van der Waals surface area contributed by atoms with Gasteiger partial charge in [0.15, 0.2) is 6.61 Å². The molecule has 0 aliphatic carbocycles. The third-order valence-corrected chi connectivity index (χ3v) is 5.15. The topological polar surface area (TPSA) is 168 Å². The summed E-state index contributed by atoms with van der Waals surface area (Å²) in [4.78, 5) is 27.9. The second-order valence-corrected chi connectivity index (χ2v) is 7.63. The molecule has 0 radical (unpaired) electrons. The minimum absolute atomic E-state index is 0.0218. The lowest BCUT2D eigenvalue weighted by atomic mass is 9.98. The molecule has 3 aromatic rings. The predicted molar refractivity (Wildman–Crippen MR) is 128 cm³/mol. The molecule has 0 aliphatic rings. The molecule has 34 heavy (non-hydrogen) atoms. The zero-order valence-electron chi connectivity index (χ0n) is 18.8. The van der Waals surface area contributed by atoms with Crippen molar-refractivity contribution in [3.8, 4) is 0 Å². The number of aromatic amines is 1. The van der Waals surface area contributed by atoms with Gasteiger partial charge >= 0.3 is 11.9 Å². The van der Waals surface area contributed by atoms with E-state index in [9.17, 15) is 9.59 Å². The van der Waals surface area contributed by atoms with E-state index in [1.807, 2.05) is 18.2 Å². The van der Waals surface area contributed by atoms with Crippen molar-refractivity contribution in [3.05, 3.63) is 93.8 Å². The maximum Gasteiger partial charge on any atom is 0.344 e. The number of carbonyl (C=O) groups excluding carboxylic acids is 2. The normalized spacial score (nSPS) is 10.5. The number of rotatable bonds is 10. The predicted octanol–water partition coefficient (Wildman–Crippen LogP) is 2.48. The van der Waals surface area contributed by atoms with E-state index in [1.165, 1.54) is 0 Å². The summed E-state index contributed by atoms with van der Waals surface area (Å²) in [6.45, 7) is 1.39. The first-order valence-corrected chi connectivity index (χ1v) is 10.7. The summed E-state index contributed by atoms with van der Waals surface area (Å²) in [6.07, 6.45) is 2.53. The van der Waals surface area contributed by atoms with Gasteiger partial charge in [-0.05, 0) is 36.1 Å². The van der Waals surface area contributed by atoms with E-state index in [0.717, 1.165) is 11.1 Å². The number of H-pyrrole nitrogens is 1. The fourth-order valence-corrected chi connectivity index (χ4v) is 3.52. The number of benzene rings is 2. The van der Waals surface area contributed by atoms with Crippen molar-refractivity contribution in [2.45, 2.75) is 19.8 Å². The Morgan fingerprint density at radius 3 is 2.26 bits per heavy atom. The molecule has 0 aliphatic heterocycles. The molecule has 0 saturated carbocycles. The monoisotopic (exact) mass is 461 g/mol. The van der Waals surface area contributed by atoms with Crippen LogP contribution in [0.1, 0.15) is 50.8 Å². The Labute approximate surface area is 197 Å². The van der Waals surface area contributed by atoms with Gasteiger partial charge in [0.2, 0.25) is 0 Å². The largest absolute Gasteiger partial charge is 0.463 e. The average molecular weight is 462 g/mol. The molecule has 0 fully saturated rings. The van der Waals surface area contributed by atoms with Gasteiger partial charge in [-0.3, -0.25) is 10.8 Å². The van der Waals surface area contributed by atoms with Crippen molar-refractivity contribution in [1.82, 2.24) is 4.98 Å². The Morgan fingerprint density at radius 1 is 0.912 bits per heavy atom. The smallest absolute Gasteiger partial charge is 0.344 e. The fourth-order valence-electron chi connectivity index (χ4n) is 3.52. The highest BCUT2D eigenvalue weighted by molar-refractivity contribution is 5.96. The number of hydrogen-bond acceptors (Lipinski definition) is 6. The summed E-state index contributed by atoms with van der Waals surface area (Å²) in [5.41, 5.74) is 15.7. The summed E-state index contributed by atoms with van der Waals surface area (Å²) in [7, 11) is 0. The molecular weight excluding hydrogens is 434 g/mol. The highest BCUT2D eigenvalue weighted by Gasteiger charge is 2.22. The van der Waals surface area contributed by atoms with Crippen molar-refractivity contribution in [2.24, 2.45) is 11.5 Å². The van der Waals surface area contributed by atoms with E-state index in [-0.39, 0.29) is 18.3 Å². The summed E-state index contributed by atoms with van der Waals surface area (Å²) in [5, 5.41) is 15.2. The Hall–Kier alpha value is -4.40. The molecule has 1 heterocycles. The molecule has 7 N–H and O–H groups in total. The highest BCUT2D eigenvalue weighted by Crippen LogP contribution is 2.23. The van der Waals surface area contributed by atoms with E-state index < -0.39 is 18.5 Å². The lowest BCUT2D eigenvalue weighted by Crippen LogP contribution is -2.18. The van der Waals surface area contributed by atoms with Crippen LogP contribution in [0.3, 0.4) is 0 Å². The standard InChI is InChI=1S/C25H27N5O4/c1-2-33-21(31)14-34-25(32)22-19(10-15-6-8-17(9-7-15)23(26)27)13-30-20(22)12-16-4-3-5-18(11-16)24(28)29/h3-9,11,13,30H,2,10,12,14H2,1H3,(H3,26,27)(H3,28,29). The van der Waals surface area contributed by atoms with Crippen LogP contribution in [0.5, 0.6) is 0 Å². The van der Waals surface area contributed by atoms with Gasteiger partial charge in [-0.25, -0.2) is 9.59 Å². The first-order chi connectivity index (χ1) is 16.3. The van der Waals surface area contributed by atoms with E-state index in [4.69, 9.17) is 31.8 Å². The van der Waals surface area contributed by atoms with Crippen molar-refractivity contribution in [2.75, 3.05) is 13.2 Å². The molecule has 0 amide bonds. The molecule has 9 heteroatoms. The van der Waals surface area contributed by atoms with Crippen molar-refractivity contribution < 1.29 is 19.1 Å². The summed E-state index contributed by atoms with van der Waals surface area (Å²) in [6, 6.07) is 14.4. The molecule has 2 aromatic carbocycles. The third kappa shape index (κ3) is 6.10. The van der Waals surface area contributed by atoms with Gasteiger partial charge in [0, 0.05) is 29.4 Å². The van der Waals surface area contributed by atoms with Crippen LogP contribution in [0.4, 0.5) is 0 Å². The van der Waals surface area contributed by atoms with Crippen LogP contribution in [0.25, 0.3) is 0 Å². The number of esters is 2. The molecule has 0 saturated heterocycles. The first-order valence-electron chi connectivity index (χ1n) is 10.7. The van der Waals surface area contributed by atoms with Crippen molar-refractivity contribution in [3.63, 3.8) is 0 Å². The Morgan fingerprint density at radius 2 is 1.62 bits per heavy atom. The summed E-state index contributed by atoms with van der Waals surface area (Å²) < 4.78 is 10.1. The molecule has 0 spiro atoms. The lowest BCUT2D eigenvalue weighted by molar-refractivity contribution is -0.146. The highest BCUT2D eigenvalue weighted by atomic mass is 16.6. The lowest BCUT2D eigenvalue weighted by Gasteiger charge is -2.10. The second-order valence-electron chi connectivity index (χ2n) is 7.63. The zero-order valence-corrected chi connectivity index (χ0v) is 18.8. The number of hydrogen-bond donors (Lipinski definition) is 5. The zero-order chi connectivity index (χ0) is 24.7. The van der Waals surface area contributed by atoms with E-state index in [1.54, 1.807) is 43.5 Å². The van der Waals surface area contributed by atoms with Crippen LogP contribution in [-0.4, -0.2) is 41.8 Å². The molecular formula is C25H27N5O4. The Balaban J connectivity index is 1.90. The van der Waals surface area contributed by atoms with Gasteiger partial charge < -0.3 is 25.9 Å². The SMILES string of the molecule is CCOC(=O)COC(=O)c1c(Cc2ccc(C(=N)N)cc2)c[nH]c1Cc1cccc(C(=N)N)c1. The molecule has 0 unspecified atom stereocenters. The molecule has 3 rings (SSSR count). The van der Waals surface area contributed by atoms with Crippen molar-refractivity contribution in [1.29, 1.82) is 10.8 Å². The Kier molecular flexibility index (Phi) is 7.81.